The van der Waals surface area contributed by atoms with E-state index in [-0.39, 0.29) is 18.1 Å². The van der Waals surface area contributed by atoms with Gasteiger partial charge in [0.15, 0.2) is 11.5 Å². The van der Waals surface area contributed by atoms with E-state index >= 15 is 0 Å². The van der Waals surface area contributed by atoms with Gasteiger partial charge in [-0.15, -0.1) is 0 Å². The van der Waals surface area contributed by atoms with E-state index in [1.165, 1.54) is 0 Å². The topological polar surface area (TPSA) is 51.2 Å². The molecule has 1 fully saturated rings. The third-order valence-electron chi connectivity index (χ3n) is 5.42. The van der Waals surface area contributed by atoms with Gasteiger partial charge in [-0.25, -0.2) is 0 Å². The number of aryl methyl sites for hydroxylation is 1. The summed E-state index contributed by atoms with van der Waals surface area (Å²) in [6.07, 6.45) is -0.0948. The Morgan fingerprint density at radius 3 is 2.45 bits per heavy atom. The molecule has 154 valence electrons. The van der Waals surface area contributed by atoms with Crippen LogP contribution in [0.15, 0.2) is 42.5 Å². The molecule has 0 aromatic heterocycles. The Morgan fingerprint density at radius 2 is 1.76 bits per heavy atom. The van der Waals surface area contributed by atoms with Crippen LogP contribution in [-0.4, -0.2) is 68.8 Å². The van der Waals surface area contributed by atoms with Gasteiger partial charge in [-0.05, 0) is 44.3 Å². The van der Waals surface area contributed by atoms with Gasteiger partial charge in [-0.2, -0.15) is 0 Å². The summed E-state index contributed by atoms with van der Waals surface area (Å²) >= 11 is 0. The molecule has 2 aliphatic rings. The Bertz CT molecular complexity index is 869. The van der Waals surface area contributed by atoms with Crippen LogP contribution in [0.2, 0.25) is 0 Å². The fourth-order valence-corrected chi connectivity index (χ4v) is 4.09. The van der Waals surface area contributed by atoms with E-state index in [9.17, 15) is 4.79 Å². The predicted molar refractivity (Wildman–Crippen MR) is 111 cm³/mol. The maximum atomic E-state index is 13.7. The quantitative estimate of drug-likeness (QED) is 0.795. The van der Waals surface area contributed by atoms with Crippen LogP contribution in [0.3, 0.4) is 0 Å². The molecule has 0 saturated carbocycles. The number of ether oxygens (including phenoxy) is 3. The zero-order valence-corrected chi connectivity index (χ0v) is 17.3. The highest BCUT2D eigenvalue weighted by Crippen LogP contribution is 2.36. The Kier molecular flexibility index (Phi) is 5.74. The summed E-state index contributed by atoms with van der Waals surface area (Å²) in [6.45, 7) is 4.79. The Balaban J connectivity index is 1.70. The molecule has 2 heterocycles. The number of nitrogens with zero attached hydrogens (tertiary/aromatic N) is 2. The van der Waals surface area contributed by atoms with Crippen LogP contribution < -0.4 is 9.47 Å². The highest BCUT2D eigenvalue weighted by molar-refractivity contribution is 5.97. The number of amides is 1. The molecule has 2 aliphatic heterocycles. The van der Waals surface area contributed by atoms with Crippen molar-refractivity contribution in [3.05, 3.63) is 59.2 Å². The monoisotopic (exact) mass is 396 g/mol. The molecule has 0 radical (unpaired) electrons. The van der Waals surface area contributed by atoms with Crippen molar-refractivity contribution >= 4 is 5.91 Å². The number of hydrogen-bond donors (Lipinski definition) is 0. The van der Waals surface area contributed by atoms with Crippen molar-refractivity contribution in [1.29, 1.82) is 0 Å². The minimum Gasteiger partial charge on any atom is -0.486 e. The van der Waals surface area contributed by atoms with E-state index in [0.717, 1.165) is 17.7 Å². The van der Waals surface area contributed by atoms with Crippen LogP contribution in [0.4, 0.5) is 0 Å². The lowest BCUT2D eigenvalue weighted by Crippen LogP contribution is -2.51. The predicted octanol–water partition coefficient (Wildman–Crippen LogP) is 2.91. The van der Waals surface area contributed by atoms with Gasteiger partial charge in [0.1, 0.15) is 13.2 Å². The first-order chi connectivity index (χ1) is 14.0. The van der Waals surface area contributed by atoms with E-state index in [0.29, 0.717) is 43.4 Å². The molecule has 0 bridgehead atoms. The Morgan fingerprint density at radius 1 is 1.07 bits per heavy atom. The molecule has 1 saturated heterocycles. The number of morpholine rings is 1. The van der Waals surface area contributed by atoms with Gasteiger partial charge in [-0.1, -0.05) is 30.3 Å². The summed E-state index contributed by atoms with van der Waals surface area (Å²) in [5.74, 6) is 1.34. The maximum Gasteiger partial charge on any atom is 0.254 e. The third-order valence-corrected chi connectivity index (χ3v) is 5.42. The van der Waals surface area contributed by atoms with Crippen LogP contribution in [0.1, 0.15) is 27.5 Å². The van der Waals surface area contributed by atoms with Gasteiger partial charge < -0.3 is 24.0 Å². The molecule has 0 aliphatic carbocycles. The van der Waals surface area contributed by atoms with E-state index in [2.05, 4.69) is 17.0 Å². The number of likely N-dealkylation sites (N-methyl/N-ethyl adjacent to an activating group) is 1. The van der Waals surface area contributed by atoms with E-state index in [1.54, 1.807) is 0 Å². The van der Waals surface area contributed by atoms with Gasteiger partial charge in [0, 0.05) is 18.7 Å². The maximum absolute atomic E-state index is 13.7. The highest BCUT2D eigenvalue weighted by Gasteiger charge is 2.37. The number of hydrogen-bond acceptors (Lipinski definition) is 5. The Labute approximate surface area is 172 Å². The molecule has 1 amide bonds. The summed E-state index contributed by atoms with van der Waals surface area (Å²) in [5, 5.41) is 0. The lowest BCUT2D eigenvalue weighted by molar-refractivity contribution is -0.0684. The average molecular weight is 396 g/mol. The number of benzene rings is 2. The van der Waals surface area contributed by atoms with Gasteiger partial charge in [0.05, 0.1) is 18.8 Å². The second kappa shape index (κ2) is 8.43. The summed E-state index contributed by atoms with van der Waals surface area (Å²) in [7, 11) is 4.05. The Hall–Kier alpha value is -2.57. The van der Waals surface area contributed by atoms with E-state index in [4.69, 9.17) is 14.2 Å². The molecule has 0 unspecified atom stereocenters. The minimum atomic E-state index is -0.146. The first-order valence-electron chi connectivity index (χ1n) is 10.1. The second-order valence-corrected chi connectivity index (χ2v) is 7.84. The van der Waals surface area contributed by atoms with Gasteiger partial charge >= 0.3 is 0 Å². The number of carbonyl (C=O) groups is 1. The smallest absolute Gasteiger partial charge is 0.254 e. The zero-order chi connectivity index (χ0) is 20.4. The highest BCUT2D eigenvalue weighted by atomic mass is 16.6. The molecule has 0 spiro atoms. The molecule has 2 aromatic carbocycles. The fourth-order valence-electron chi connectivity index (χ4n) is 4.09. The van der Waals surface area contributed by atoms with Crippen molar-refractivity contribution in [2.45, 2.75) is 19.1 Å². The normalized spacial score (nSPS) is 21.3. The fraction of sp³-hybridized carbons (Fsp3) is 0.435. The molecule has 2 atom stereocenters. The molecule has 0 N–H and O–H groups in total. The largest absolute Gasteiger partial charge is 0.486 e. The minimum absolute atomic E-state index is 0.000354. The van der Waals surface area contributed by atoms with Crippen LogP contribution in [0.5, 0.6) is 11.5 Å². The van der Waals surface area contributed by atoms with Crippen molar-refractivity contribution in [2.75, 3.05) is 47.0 Å². The summed E-state index contributed by atoms with van der Waals surface area (Å²) in [4.78, 5) is 17.7. The van der Waals surface area contributed by atoms with Crippen molar-refractivity contribution in [3.8, 4) is 11.5 Å². The van der Waals surface area contributed by atoms with Gasteiger partial charge in [0.2, 0.25) is 0 Å². The van der Waals surface area contributed by atoms with E-state index < -0.39 is 0 Å². The molecule has 4 rings (SSSR count). The lowest BCUT2D eigenvalue weighted by Gasteiger charge is -2.42. The SMILES string of the molecule is Cc1cc2c(cc1C(=O)N1CCO[C@@H](CN(C)C)[C@@H]1c1ccccc1)OCCO2. The first kappa shape index (κ1) is 19.7. The van der Waals surface area contributed by atoms with Crippen molar-refractivity contribution in [2.24, 2.45) is 0 Å². The molecule has 6 nitrogen and oxygen atoms in total. The molecule has 29 heavy (non-hydrogen) atoms. The molecular formula is C23H28N2O4. The molecule has 2 aromatic rings. The average Bonchev–Trinajstić information content (AvgIpc) is 2.73. The van der Waals surface area contributed by atoms with Gasteiger partial charge in [0.25, 0.3) is 5.91 Å². The summed E-state index contributed by atoms with van der Waals surface area (Å²) < 4.78 is 17.5. The number of rotatable bonds is 4. The van der Waals surface area contributed by atoms with Crippen LogP contribution in [-0.2, 0) is 4.74 Å². The van der Waals surface area contributed by atoms with Crippen LogP contribution in [0.25, 0.3) is 0 Å². The van der Waals surface area contributed by atoms with Crippen molar-refractivity contribution in [1.82, 2.24) is 9.80 Å². The molecule has 6 heteroatoms. The zero-order valence-electron chi connectivity index (χ0n) is 17.3. The number of carbonyl (C=O) groups excluding carboxylic acids is 1. The van der Waals surface area contributed by atoms with Crippen molar-refractivity contribution < 1.29 is 19.0 Å². The summed E-state index contributed by atoms with van der Waals surface area (Å²) in [5.41, 5.74) is 2.63. The first-order valence-corrected chi connectivity index (χ1v) is 10.1. The lowest BCUT2D eigenvalue weighted by atomic mass is 9.95. The van der Waals surface area contributed by atoms with Crippen molar-refractivity contribution in [3.63, 3.8) is 0 Å². The standard InChI is InChI=1S/C23H28N2O4/c1-16-13-19-20(29-12-11-28-19)14-18(16)23(26)25-9-10-27-21(15-24(2)3)22(25)17-7-5-4-6-8-17/h4-8,13-14,21-22H,9-12,15H2,1-3H3/t21-,22-/m0/s1. The van der Waals surface area contributed by atoms with Crippen LogP contribution in [0, 0.1) is 6.92 Å². The second-order valence-electron chi connectivity index (χ2n) is 7.84. The van der Waals surface area contributed by atoms with Gasteiger partial charge in [-0.3, -0.25) is 4.79 Å². The number of fused-ring (bicyclic) bond motifs is 1. The third kappa shape index (κ3) is 4.09. The van der Waals surface area contributed by atoms with E-state index in [1.807, 2.05) is 56.3 Å². The summed E-state index contributed by atoms with van der Waals surface area (Å²) in [6, 6.07) is 13.7. The van der Waals surface area contributed by atoms with Crippen LogP contribution >= 0.6 is 0 Å². The molecular weight excluding hydrogens is 368 g/mol.